The molecule has 0 aromatic heterocycles. The molecule has 0 amide bonds. The monoisotopic (exact) mass is 502 g/mol. The predicted molar refractivity (Wildman–Crippen MR) is 97.0 cm³/mol. The van der Waals surface area contributed by atoms with Crippen LogP contribution in [0.1, 0.15) is 0 Å². The zero-order chi connectivity index (χ0) is 26.3. The van der Waals surface area contributed by atoms with Crippen molar-refractivity contribution in [3.05, 3.63) is 41.1 Å². The van der Waals surface area contributed by atoms with Crippen LogP contribution < -0.4 is 0 Å². The topological polar surface area (TPSA) is 283 Å². The molecule has 0 aromatic carbocycles. The number of hydrogen-bond acceptors (Lipinski definition) is 16. The summed E-state index contributed by atoms with van der Waals surface area (Å²) in [5.41, 5.74) is 0. The third kappa shape index (κ3) is 9.56. The standard InChI is InChI=1S/C10H22N12O12/c1-31-11-17(23)9(18(24)12-32-2)7-15(21(27)28)5-6-16(22(29)30)8-10(19(25)13-33-3)20(26)14-34-4/h9-10H,5-8H2,1-4H3. The minimum absolute atomic E-state index is 0.241. The summed E-state index contributed by atoms with van der Waals surface area (Å²) >= 11 is 0. The van der Waals surface area contributed by atoms with E-state index >= 15 is 0 Å². The van der Waals surface area contributed by atoms with Crippen molar-refractivity contribution in [3.63, 3.8) is 0 Å². The van der Waals surface area contributed by atoms with E-state index in [4.69, 9.17) is 0 Å². The fourth-order valence-electron chi connectivity index (χ4n) is 2.08. The summed E-state index contributed by atoms with van der Waals surface area (Å²) in [6.07, 6.45) is -4.00. The molecule has 0 atom stereocenters. The molecule has 0 bridgehead atoms. The molecule has 24 nitrogen and oxygen atoms in total. The SMILES string of the molecule is CON=[N+]([O-])C(CN(CCN(CC([N+]([O-])=NOC)[N+]([O-])=NOC)[N+](=O)[O-])[N+](=O)[O-])[N+]([O-])=NOC. The van der Waals surface area contributed by atoms with Crippen molar-refractivity contribution in [2.24, 2.45) is 21.1 Å². The van der Waals surface area contributed by atoms with Gasteiger partial charge in [-0.1, -0.05) is 0 Å². The molecule has 0 spiro atoms. The molecular weight excluding hydrogens is 480 g/mol. The first-order chi connectivity index (χ1) is 16.0. The molecule has 0 aromatic rings. The Hall–Kier alpha value is -4.80. The highest BCUT2D eigenvalue weighted by Crippen LogP contribution is 2.05. The van der Waals surface area contributed by atoms with Gasteiger partial charge in [0.1, 0.15) is 41.5 Å². The molecule has 0 saturated carbocycles. The Balaban J connectivity index is 5.75. The Kier molecular flexibility index (Phi) is 12.9. The highest BCUT2D eigenvalue weighted by atomic mass is 16.7. The van der Waals surface area contributed by atoms with Crippen molar-refractivity contribution < 1.29 is 48.9 Å². The average molecular weight is 502 g/mol. The summed E-state index contributed by atoms with van der Waals surface area (Å²) in [7, 11) is 3.86. The summed E-state index contributed by atoms with van der Waals surface area (Å²) < 4.78 is 0. The third-order valence-corrected chi connectivity index (χ3v) is 3.49. The van der Waals surface area contributed by atoms with Gasteiger partial charge in [-0.2, -0.15) is 0 Å². The Bertz CT molecular complexity index is 686. The molecule has 0 aliphatic rings. The largest absolute Gasteiger partial charge is 0.592 e. The Morgan fingerprint density at radius 1 is 0.588 bits per heavy atom. The minimum Gasteiger partial charge on any atom is -0.592 e. The Morgan fingerprint density at radius 2 is 0.824 bits per heavy atom. The van der Waals surface area contributed by atoms with Crippen LogP contribution in [0, 0.1) is 41.1 Å². The maximum Gasteiger partial charge on any atom is 0.439 e. The van der Waals surface area contributed by atoms with Crippen molar-refractivity contribution >= 4 is 0 Å². The van der Waals surface area contributed by atoms with Gasteiger partial charge in [-0.3, -0.25) is 0 Å². The number of nitro groups is 2. The van der Waals surface area contributed by atoms with Crippen LogP contribution >= 0.6 is 0 Å². The molecule has 0 unspecified atom stereocenters. The van der Waals surface area contributed by atoms with E-state index in [1.54, 1.807) is 0 Å². The number of rotatable bonds is 17. The number of hydroxylamine groups is 4. The van der Waals surface area contributed by atoms with Crippen molar-refractivity contribution in [1.29, 1.82) is 0 Å². The molecule has 0 rings (SSSR count). The fourth-order valence-corrected chi connectivity index (χ4v) is 2.08. The molecule has 34 heavy (non-hydrogen) atoms. The summed E-state index contributed by atoms with van der Waals surface area (Å²) in [5.74, 6) is 0. The lowest BCUT2D eigenvalue weighted by molar-refractivity contribution is -0.809. The smallest absolute Gasteiger partial charge is 0.439 e. The first-order valence-electron chi connectivity index (χ1n) is 8.64. The molecule has 194 valence electrons. The van der Waals surface area contributed by atoms with Crippen molar-refractivity contribution in [2.75, 3.05) is 54.6 Å². The lowest BCUT2D eigenvalue weighted by Crippen LogP contribution is -2.50. The van der Waals surface area contributed by atoms with E-state index < -0.39 is 48.6 Å². The van der Waals surface area contributed by atoms with Gasteiger partial charge in [0.05, 0.1) is 0 Å². The van der Waals surface area contributed by atoms with Gasteiger partial charge in [0, 0.05) is 19.4 Å². The second kappa shape index (κ2) is 15.1. The molecule has 0 aliphatic carbocycles. The van der Waals surface area contributed by atoms with Crippen LogP contribution in [0.5, 0.6) is 0 Å². The first-order valence-corrected chi connectivity index (χ1v) is 8.64. The number of hydrazine groups is 2. The molecule has 0 aliphatic heterocycles. The van der Waals surface area contributed by atoms with Gasteiger partial charge in [0.2, 0.25) is 34.2 Å². The Morgan fingerprint density at radius 3 is 1.00 bits per heavy atom. The van der Waals surface area contributed by atoms with E-state index in [-0.39, 0.29) is 29.5 Å². The normalized spacial score (nSPS) is 14.6. The van der Waals surface area contributed by atoms with Crippen LogP contribution in [-0.4, -0.2) is 106 Å². The molecule has 0 N–H and O–H groups in total. The zero-order valence-corrected chi connectivity index (χ0v) is 18.2. The second-order valence-electron chi connectivity index (χ2n) is 5.53. The maximum absolute atomic E-state index is 11.9. The molecule has 0 heterocycles. The summed E-state index contributed by atoms with van der Waals surface area (Å²) in [4.78, 5) is 38.2. The highest BCUT2D eigenvalue weighted by molar-refractivity contribution is 4.55. The van der Waals surface area contributed by atoms with Crippen LogP contribution in [-0.2, 0) is 19.4 Å². The molecule has 24 heteroatoms. The van der Waals surface area contributed by atoms with Gasteiger partial charge in [0.15, 0.2) is 10.1 Å². The lowest BCUT2D eigenvalue weighted by atomic mass is 10.4. The summed E-state index contributed by atoms with van der Waals surface area (Å²) in [6, 6.07) is 0. The summed E-state index contributed by atoms with van der Waals surface area (Å²) in [6.45, 7) is -3.57. The number of nitrogens with zero attached hydrogens (tertiary/aromatic N) is 12. The van der Waals surface area contributed by atoms with Crippen molar-refractivity contribution in [2.45, 2.75) is 12.3 Å². The van der Waals surface area contributed by atoms with Gasteiger partial charge in [-0.25, -0.2) is 20.2 Å². The van der Waals surface area contributed by atoms with Crippen LogP contribution in [0.15, 0.2) is 21.1 Å². The quantitative estimate of drug-likeness (QED) is 0.0736. The predicted octanol–water partition coefficient (Wildman–Crippen LogP) is -1.28. The molecule has 0 fully saturated rings. The second-order valence-corrected chi connectivity index (χ2v) is 5.53. The van der Waals surface area contributed by atoms with Crippen LogP contribution in [0.2, 0.25) is 0 Å². The van der Waals surface area contributed by atoms with Crippen molar-refractivity contribution in [1.82, 2.24) is 10.0 Å². The van der Waals surface area contributed by atoms with Gasteiger partial charge in [-0.15, -0.1) is 10.0 Å². The van der Waals surface area contributed by atoms with Gasteiger partial charge < -0.3 is 40.2 Å². The van der Waals surface area contributed by atoms with Crippen LogP contribution in [0.4, 0.5) is 0 Å². The Labute approximate surface area is 189 Å². The fraction of sp³-hybridized carbons (Fsp3) is 1.00. The van der Waals surface area contributed by atoms with Gasteiger partial charge in [0.25, 0.3) is 0 Å². The number of hydrogen-bond donors (Lipinski definition) is 0. The third-order valence-electron chi connectivity index (χ3n) is 3.49. The van der Waals surface area contributed by atoms with E-state index in [0.29, 0.717) is 0 Å². The summed E-state index contributed by atoms with van der Waals surface area (Å²) in [5, 5.41) is 80.2. The molecule has 0 saturated heterocycles. The highest BCUT2D eigenvalue weighted by Gasteiger charge is 2.40. The zero-order valence-electron chi connectivity index (χ0n) is 18.2. The van der Waals surface area contributed by atoms with E-state index in [0.717, 1.165) is 28.4 Å². The van der Waals surface area contributed by atoms with Gasteiger partial charge in [-0.05, 0) is 0 Å². The van der Waals surface area contributed by atoms with Gasteiger partial charge >= 0.3 is 12.3 Å². The van der Waals surface area contributed by atoms with E-state index in [2.05, 4.69) is 40.5 Å². The minimum atomic E-state index is -2.00. The van der Waals surface area contributed by atoms with E-state index in [1.165, 1.54) is 0 Å². The van der Waals surface area contributed by atoms with E-state index in [1.807, 2.05) is 0 Å². The van der Waals surface area contributed by atoms with Crippen LogP contribution in [0.25, 0.3) is 0 Å². The molecular formula is C10H22N12O12. The van der Waals surface area contributed by atoms with E-state index in [9.17, 15) is 41.1 Å². The van der Waals surface area contributed by atoms with Crippen LogP contribution in [0.3, 0.4) is 0 Å². The first kappa shape index (κ1) is 29.2. The maximum atomic E-state index is 11.9. The lowest BCUT2D eigenvalue weighted by Gasteiger charge is -2.19. The average Bonchev–Trinajstić information content (AvgIpc) is 2.75. The molecule has 0 radical (unpaired) electrons. The van der Waals surface area contributed by atoms with Crippen molar-refractivity contribution in [3.8, 4) is 0 Å².